The molecule has 1 atom stereocenters. The summed E-state index contributed by atoms with van der Waals surface area (Å²) >= 11 is 0. The number of nitrogens with one attached hydrogen (secondary N) is 1. The van der Waals surface area contributed by atoms with Crippen molar-refractivity contribution in [2.24, 2.45) is 5.92 Å². The molecule has 1 aliphatic heterocycles. The fraction of sp³-hybridized carbons (Fsp3) is 0.407. The Balaban J connectivity index is 1.99. The summed E-state index contributed by atoms with van der Waals surface area (Å²) in [7, 11) is 1.55. The number of hydroxylamine groups is 2. The number of benzene rings is 2. The minimum absolute atomic E-state index is 0.0564. The van der Waals surface area contributed by atoms with Crippen LogP contribution in [0.5, 0.6) is 11.5 Å². The van der Waals surface area contributed by atoms with Crippen LogP contribution in [0, 0.1) is 5.92 Å². The maximum Gasteiger partial charge on any atom is 0.329 e. The van der Waals surface area contributed by atoms with Crippen LogP contribution < -0.4 is 14.8 Å². The third-order valence-electron chi connectivity index (χ3n) is 5.98. The van der Waals surface area contributed by atoms with Crippen molar-refractivity contribution in [3.05, 3.63) is 53.1 Å². The fourth-order valence-corrected chi connectivity index (χ4v) is 4.22. The number of nitrogens with zero attached hydrogens (tertiary/aromatic N) is 2. The zero-order chi connectivity index (χ0) is 27.1. The number of carbonyl (C=O) groups excluding carboxylic acids is 4. The maximum atomic E-state index is 13.8. The Morgan fingerprint density at radius 1 is 1.19 bits per heavy atom. The first kappa shape index (κ1) is 27.5. The summed E-state index contributed by atoms with van der Waals surface area (Å²) in [6, 6.07) is 10.3. The Morgan fingerprint density at radius 3 is 2.57 bits per heavy atom. The van der Waals surface area contributed by atoms with Crippen LogP contribution in [0.3, 0.4) is 0 Å². The summed E-state index contributed by atoms with van der Waals surface area (Å²) in [5, 5.41) is 3.77. The monoisotopic (exact) mass is 511 g/mol. The van der Waals surface area contributed by atoms with Gasteiger partial charge in [-0.25, -0.2) is 0 Å². The maximum absolute atomic E-state index is 13.8. The van der Waals surface area contributed by atoms with Gasteiger partial charge in [-0.2, -0.15) is 5.06 Å². The second-order valence-electron chi connectivity index (χ2n) is 8.89. The minimum atomic E-state index is -0.623. The third kappa shape index (κ3) is 6.38. The van der Waals surface area contributed by atoms with Crippen molar-refractivity contribution in [2.45, 2.75) is 46.7 Å². The number of hydrogen-bond acceptors (Lipinski definition) is 7. The van der Waals surface area contributed by atoms with E-state index >= 15 is 0 Å². The lowest BCUT2D eigenvalue weighted by atomic mass is 10.0. The van der Waals surface area contributed by atoms with E-state index in [1.165, 1.54) is 6.92 Å². The number of rotatable bonds is 12. The number of carbonyl (C=O) groups is 4. The molecule has 0 unspecified atom stereocenters. The molecule has 1 heterocycles. The van der Waals surface area contributed by atoms with Crippen LogP contribution in [0.4, 0.5) is 5.69 Å². The first-order chi connectivity index (χ1) is 17.7. The van der Waals surface area contributed by atoms with E-state index in [2.05, 4.69) is 5.32 Å². The van der Waals surface area contributed by atoms with Gasteiger partial charge < -0.3 is 24.5 Å². The lowest BCUT2D eigenvalue weighted by Crippen LogP contribution is -2.34. The Morgan fingerprint density at radius 2 is 1.95 bits per heavy atom. The van der Waals surface area contributed by atoms with Crippen molar-refractivity contribution < 1.29 is 33.5 Å². The van der Waals surface area contributed by atoms with Crippen LogP contribution in [-0.4, -0.2) is 54.4 Å². The molecular formula is C27H33N3O7. The molecule has 1 aliphatic rings. The number of ether oxygens (including phenoxy) is 2. The van der Waals surface area contributed by atoms with Crippen molar-refractivity contribution in [3.8, 4) is 11.5 Å². The largest absolute Gasteiger partial charge is 0.493 e. The molecule has 10 nitrogen and oxygen atoms in total. The molecule has 3 rings (SSSR count). The number of amides is 3. The highest BCUT2D eigenvalue weighted by atomic mass is 16.7. The van der Waals surface area contributed by atoms with E-state index < -0.39 is 12.0 Å². The summed E-state index contributed by atoms with van der Waals surface area (Å²) in [6.07, 6.45) is 0.704. The highest BCUT2D eigenvalue weighted by Crippen LogP contribution is 2.39. The molecule has 0 aliphatic carbocycles. The van der Waals surface area contributed by atoms with Crippen molar-refractivity contribution in [1.82, 2.24) is 9.96 Å². The van der Waals surface area contributed by atoms with Crippen LogP contribution >= 0.6 is 0 Å². The zero-order valence-electron chi connectivity index (χ0n) is 21.8. The summed E-state index contributed by atoms with van der Waals surface area (Å²) < 4.78 is 11.1. The smallest absolute Gasteiger partial charge is 0.329 e. The Labute approximate surface area is 216 Å². The van der Waals surface area contributed by atoms with Crippen molar-refractivity contribution >= 4 is 29.9 Å². The number of methoxy groups -OCH3 is 1. The van der Waals surface area contributed by atoms with Crippen LogP contribution in [0.1, 0.15) is 61.6 Å². The van der Waals surface area contributed by atoms with Gasteiger partial charge in [-0.1, -0.05) is 32.0 Å². The van der Waals surface area contributed by atoms with E-state index in [-0.39, 0.29) is 30.7 Å². The average molecular weight is 512 g/mol. The molecule has 37 heavy (non-hydrogen) atoms. The van der Waals surface area contributed by atoms with Gasteiger partial charge in [-0.15, -0.1) is 0 Å². The summed E-state index contributed by atoms with van der Waals surface area (Å²) in [5.74, 6) is -0.235. The molecule has 0 bridgehead atoms. The van der Waals surface area contributed by atoms with Gasteiger partial charge in [-0.3, -0.25) is 19.2 Å². The van der Waals surface area contributed by atoms with Gasteiger partial charge in [0.15, 0.2) is 11.5 Å². The second kappa shape index (κ2) is 12.2. The van der Waals surface area contributed by atoms with Gasteiger partial charge in [0.1, 0.15) is 0 Å². The number of fused-ring (bicyclic) bond motifs is 1. The fourth-order valence-electron chi connectivity index (χ4n) is 4.22. The number of anilines is 1. The van der Waals surface area contributed by atoms with E-state index in [0.29, 0.717) is 42.3 Å². The van der Waals surface area contributed by atoms with E-state index in [1.54, 1.807) is 44.1 Å². The molecule has 2 aromatic carbocycles. The van der Waals surface area contributed by atoms with E-state index in [9.17, 15) is 19.2 Å². The summed E-state index contributed by atoms with van der Waals surface area (Å²) in [4.78, 5) is 55.6. The molecule has 0 spiro atoms. The van der Waals surface area contributed by atoms with Crippen molar-refractivity contribution in [1.29, 1.82) is 0 Å². The molecule has 0 aromatic heterocycles. The highest BCUT2D eigenvalue weighted by molar-refractivity contribution is 6.07. The van der Waals surface area contributed by atoms with Gasteiger partial charge in [-0.05, 0) is 42.7 Å². The molecule has 0 saturated heterocycles. The first-order valence-corrected chi connectivity index (χ1v) is 12.1. The molecular weight excluding hydrogens is 478 g/mol. The number of hydrogen-bond donors (Lipinski definition) is 1. The molecule has 1 N–H and O–H groups in total. The SMILES string of the molecule is CCOc1cc([C@@H](CCN(C=O)OC(C)=O)N2Cc3cccc(NC(=O)C(C)C)c3C2=O)ccc1OC. The Hall–Kier alpha value is -4.08. The zero-order valence-corrected chi connectivity index (χ0v) is 21.8. The first-order valence-electron chi connectivity index (χ1n) is 12.1. The normalized spacial score (nSPS) is 13.1. The van der Waals surface area contributed by atoms with Gasteiger partial charge >= 0.3 is 5.97 Å². The van der Waals surface area contributed by atoms with E-state index in [4.69, 9.17) is 14.3 Å². The lowest BCUT2D eigenvalue weighted by molar-refractivity contribution is -0.189. The second-order valence-corrected chi connectivity index (χ2v) is 8.89. The minimum Gasteiger partial charge on any atom is -0.493 e. The topological polar surface area (TPSA) is 114 Å². The molecule has 0 fully saturated rings. The Bertz CT molecular complexity index is 1160. The molecule has 0 saturated carbocycles. The van der Waals surface area contributed by atoms with Gasteiger partial charge in [0.05, 0.1) is 37.6 Å². The van der Waals surface area contributed by atoms with E-state index in [0.717, 1.165) is 16.2 Å². The third-order valence-corrected chi connectivity index (χ3v) is 5.98. The van der Waals surface area contributed by atoms with Gasteiger partial charge in [0.25, 0.3) is 5.91 Å². The van der Waals surface area contributed by atoms with Crippen LogP contribution in [0.25, 0.3) is 0 Å². The lowest BCUT2D eigenvalue weighted by Gasteiger charge is -2.30. The Kier molecular flexibility index (Phi) is 9.10. The van der Waals surface area contributed by atoms with Crippen LogP contribution in [0.15, 0.2) is 36.4 Å². The highest BCUT2D eigenvalue weighted by Gasteiger charge is 2.36. The molecule has 0 radical (unpaired) electrons. The van der Waals surface area contributed by atoms with Crippen molar-refractivity contribution in [3.63, 3.8) is 0 Å². The summed E-state index contributed by atoms with van der Waals surface area (Å²) in [6.45, 7) is 7.41. The summed E-state index contributed by atoms with van der Waals surface area (Å²) in [5.41, 5.74) is 2.43. The quantitative estimate of drug-likeness (QED) is 0.341. The molecule has 3 amide bonds. The van der Waals surface area contributed by atoms with Gasteiger partial charge in [0, 0.05) is 19.4 Å². The predicted octanol–water partition coefficient (Wildman–Crippen LogP) is 3.71. The standard InChI is InChI=1S/C27H33N3O7/c1-6-36-24-14-19(10-11-23(24)35-5)22(12-13-29(16-31)37-18(4)32)30-15-20-8-7-9-21(25(20)27(30)34)28-26(33)17(2)3/h7-11,14,16-17,22H,6,12-13,15H2,1-5H3,(H,28,33)/t22-/m1/s1. The van der Waals surface area contributed by atoms with E-state index in [1.807, 2.05) is 25.1 Å². The van der Waals surface area contributed by atoms with Gasteiger partial charge in [0.2, 0.25) is 12.3 Å². The molecule has 2 aromatic rings. The van der Waals surface area contributed by atoms with Crippen molar-refractivity contribution in [2.75, 3.05) is 25.6 Å². The predicted molar refractivity (Wildman–Crippen MR) is 136 cm³/mol. The average Bonchev–Trinajstić information content (AvgIpc) is 3.20. The van der Waals surface area contributed by atoms with Crippen LogP contribution in [0.2, 0.25) is 0 Å². The molecule has 10 heteroatoms. The van der Waals surface area contributed by atoms with Crippen LogP contribution in [-0.2, 0) is 25.8 Å². The molecule has 198 valence electrons.